The molecule has 0 atom stereocenters. The zero-order valence-electron chi connectivity index (χ0n) is 10.5. The lowest BCUT2D eigenvalue weighted by Crippen LogP contribution is -2.04. The van der Waals surface area contributed by atoms with Crippen LogP contribution < -0.4 is 5.73 Å². The zero-order chi connectivity index (χ0) is 15.2. The standard InChI is InChI=1S/C14H9ClF3N3/c15-10-6-8(19)2-3-9(10)13-20-11-4-1-7(14(16,17)18)5-12(11)21-13/h1-6H,19H2,(H,20,21). The van der Waals surface area contributed by atoms with E-state index < -0.39 is 11.7 Å². The molecule has 3 N–H and O–H groups in total. The van der Waals surface area contributed by atoms with Crippen molar-refractivity contribution in [2.45, 2.75) is 6.18 Å². The van der Waals surface area contributed by atoms with Crippen LogP contribution in [0, 0.1) is 0 Å². The molecule has 0 amide bonds. The normalized spacial score (nSPS) is 12.0. The molecule has 2 aromatic carbocycles. The largest absolute Gasteiger partial charge is 0.416 e. The van der Waals surface area contributed by atoms with Gasteiger partial charge in [0.05, 0.1) is 21.6 Å². The predicted octanol–water partition coefficient (Wildman–Crippen LogP) is 4.48. The van der Waals surface area contributed by atoms with Gasteiger partial charge in [-0.2, -0.15) is 13.2 Å². The number of nitrogens with one attached hydrogen (secondary N) is 1. The Balaban J connectivity index is 2.13. The van der Waals surface area contributed by atoms with Crippen LogP contribution in [-0.4, -0.2) is 9.97 Å². The van der Waals surface area contributed by atoms with Gasteiger partial charge in [0.25, 0.3) is 0 Å². The van der Waals surface area contributed by atoms with Crippen LogP contribution in [-0.2, 0) is 6.18 Å². The lowest BCUT2D eigenvalue weighted by molar-refractivity contribution is -0.137. The molecule has 3 aromatic rings. The second-order valence-electron chi connectivity index (χ2n) is 4.55. The number of halogens is 4. The number of nitrogens with zero attached hydrogens (tertiary/aromatic N) is 1. The number of anilines is 1. The molecule has 0 fully saturated rings. The van der Waals surface area contributed by atoms with Crippen LogP contribution in [0.15, 0.2) is 36.4 Å². The number of rotatable bonds is 1. The first-order valence-electron chi connectivity index (χ1n) is 5.97. The molecule has 0 aliphatic rings. The summed E-state index contributed by atoms with van der Waals surface area (Å²) in [6.45, 7) is 0. The summed E-state index contributed by atoms with van der Waals surface area (Å²) in [5.74, 6) is 0.398. The lowest BCUT2D eigenvalue weighted by Gasteiger charge is -2.05. The molecule has 3 rings (SSSR count). The van der Waals surface area contributed by atoms with Gasteiger partial charge < -0.3 is 10.7 Å². The summed E-state index contributed by atoms with van der Waals surface area (Å²) < 4.78 is 38.1. The average molecular weight is 312 g/mol. The maximum atomic E-state index is 12.7. The van der Waals surface area contributed by atoms with Crippen LogP contribution in [0.5, 0.6) is 0 Å². The van der Waals surface area contributed by atoms with E-state index in [2.05, 4.69) is 9.97 Å². The van der Waals surface area contributed by atoms with Crippen molar-refractivity contribution in [1.29, 1.82) is 0 Å². The fraction of sp³-hybridized carbons (Fsp3) is 0.0714. The highest BCUT2D eigenvalue weighted by molar-refractivity contribution is 6.33. The number of nitrogen functional groups attached to an aromatic ring is 1. The third-order valence-electron chi connectivity index (χ3n) is 3.06. The van der Waals surface area contributed by atoms with E-state index in [0.29, 0.717) is 33.1 Å². The van der Waals surface area contributed by atoms with Crippen molar-refractivity contribution < 1.29 is 13.2 Å². The van der Waals surface area contributed by atoms with Gasteiger partial charge in [-0.25, -0.2) is 4.98 Å². The van der Waals surface area contributed by atoms with E-state index in [-0.39, 0.29) is 0 Å². The molecule has 21 heavy (non-hydrogen) atoms. The van der Waals surface area contributed by atoms with Gasteiger partial charge in [0.2, 0.25) is 0 Å². The summed E-state index contributed by atoms with van der Waals surface area (Å²) >= 11 is 6.08. The maximum Gasteiger partial charge on any atom is 0.416 e. The third kappa shape index (κ3) is 2.54. The first kappa shape index (κ1) is 13.8. The Kier molecular flexibility index (Phi) is 3.06. The monoisotopic (exact) mass is 311 g/mol. The first-order valence-corrected chi connectivity index (χ1v) is 6.35. The second kappa shape index (κ2) is 4.66. The Labute approximate surface area is 122 Å². The van der Waals surface area contributed by atoms with Crippen LogP contribution in [0.1, 0.15) is 5.56 Å². The summed E-state index contributed by atoms with van der Waals surface area (Å²) in [6, 6.07) is 8.22. The summed E-state index contributed by atoms with van der Waals surface area (Å²) in [5, 5.41) is 0.380. The molecule has 3 nitrogen and oxygen atoms in total. The SMILES string of the molecule is Nc1ccc(-c2nc3ccc(C(F)(F)F)cc3[nH]2)c(Cl)c1. The van der Waals surface area contributed by atoms with E-state index in [9.17, 15) is 13.2 Å². The van der Waals surface area contributed by atoms with Crippen molar-refractivity contribution >= 4 is 28.3 Å². The number of benzene rings is 2. The van der Waals surface area contributed by atoms with Gasteiger partial charge in [0, 0.05) is 11.3 Å². The van der Waals surface area contributed by atoms with Gasteiger partial charge in [-0.15, -0.1) is 0 Å². The Morgan fingerprint density at radius 1 is 1.10 bits per heavy atom. The molecule has 7 heteroatoms. The smallest absolute Gasteiger partial charge is 0.399 e. The Morgan fingerprint density at radius 3 is 2.52 bits per heavy atom. The van der Waals surface area contributed by atoms with E-state index >= 15 is 0 Å². The fourth-order valence-corrected chi connectivity index (χ4v) is 2.32. The lowest BCUT2D eigenvalue weighted by atomic mass is 10.2. The Bertz CT molecular complexity index is 824. The first-order chi connectivity index (χ1) is 9.84. The molecule has 0 bridgehead atoms. The van der Waals surface area contributed by atoms with Gasteiger partial charge in [-0.1, -0.05) is 11.6 Å². The number of H-pyrrole nitrogens is 1. The van der Waals surface area contributed by atoms with Crippen molar-refractivity contribution in [3.8, 4) is 11.4 Å². The molecule has 1 heterocycles. The number of fused-ring (bicyclic) bond motifs is 1. The van der Waals surface area contributed by atoms with Gasteiger partial charge in [-0.05, 0) is 36.4 Å². The highest BCUT2D eigenvalue weighted by Crippen LogP contribution is 2.33. The fourth-order valence-electron chi connectivity index (χ4n) is 2.04. The number of imidazole rings is 1. The topological polar surface area (TPSA) is 54.7 Å². The van der Waals surface area contributed by atoms with Crippen molar-refractivity contribution in [2.24, 2.45) is 0 Å². The van der Waals surface area contributed by atoms with Crippen molar-refractivity contribution in [3.63, 3.8) is 0 Å². The highest BCUT2D eigenvalue weighted by atomic mass is 35.5. The minimum atomic E-state index is -4.39. The second-order valence-corrected chi connectivity index (χ2v) is 4.96. The summed E-state index contributed by atoms with van der Waals surface area (Å²) in [6.07, 6.45) is -4.39. The molecule has 0 radical (unpaired) electrons. The van der Waals surface area contributed by atoms with Crippen LogP contribution >= 0.6 is 11.6 Å². The molecule has 1 aromatic heterocycles. The van der Waals surface area contributed by atoms with E-state index in [1.54, 1.807) is 18.2 Å². The van der Waals surface area contributed by atoms with E-state index in [1.807, 2.05) is 0 Å². The van der Waals surface area contributed by atoms with E-state index in [1.165, 1.54) is 6.07 Å². The minimum Gasteiger partial charge on any atom is -0.399 e. The minimum absolute atomic E-state index is 0.299. The number of hydrogen-bond acceptors (Lipinski definition) is 2. The summed E-state index contributed by atoms with van der Waals surface area (Å²) in [7, 11) is 0. The van der Waals surface area contributed by atoms with Crippen molar-refractivity contribution in [2.75, 3.05) is 5.73 Å². The Hall–Kier alpha value is -2.21. The molecular weight excluding hydrogens is 303 g/mol. The van der Waals surface area contributed by atoms with Crippen molar-refractivity contribution in [3.05, 3.63) is 47.0 Å². The predicted molar refractivity (Wildman–Crippen MR) is 76.0 cm³/mol. The van der Waals surface area contributed by atoms with Crippen LogP contribution in [0.4, 0.5) is 18.9 Å². The molecule has 0 aliphatic heterocycles. The summed E-state index contributed by atoms with van der Waals surface area (Å²) in [4.78, 5) is 7.10. The van der Waals surface area contributed by atoms with Crippen LogP contribution in [0.25, 0.3) is 22.4 Å². The summed E-state index contributed by atoms with van der Waals surface area (Å²) in [5.41, 5.74) is 6.69. The Morgan fingerprint density at radius 2 is 1.86 bits per heavy atom. The highest BCUT2D eigenvalue weighted by Gasteiger charge is 2.30. The van der Waals surface area contributed by atoms with Gasteiger partial charge in [-0.3, -0.25) is 0 Å². The maximum absolute atomic E-state index is 12.7. The number of nitrogens with two attached hydrogens (primary N) is 1. The molecule has 0 aliphatic carbocycles. The quantitative estimate of drug-likeness (QED) is 0.651. The molecule has 0 spiro atoms. The molecule has 0 saturated heterocycles. The van der Waals surface area contributed by atoms with Crippen LogP contribution in [0.3, 0.4) is 0 Å². The number of aromatic amines is 1. The van der Waals surface area contributed by atoms with E-state index in [4.69, 9.17) is 17.3 Å². The molecular formula is C14H9ClF3N3. The van der Waals surface area contributed by atoms with Gasteiger partial charge in [0.15, 0.2) is 0 Å². The number of aromatic nitrogens is 2. The zero-order valence-corrected chi connectivity index (χ0v) is 11.3. The van der Waals surface area contributed by atoms with Gasteiger partial charge >= 0.3 is 6.18 Å². The molecule has 0 unspecified atom stereocenters. The number of alkyl halides is 3. The van der Waals surface area contributed by atoms with Crippen molar-refractivity contribution in [1.82, 2.24) is 9.97 Å². The average Bonchev–Trinajstić information content (AvgIpc) is 2.79. The van der Waals surface area contributed by atoms with Gasteiger partial charge in [0.1, 0.15) is 5.82 Å². The van der Waals surface area contributed by atoms with Crippen LogP contribution in [0.2, 0.25) is 5.02 Å². The van der Waals surface area contributed by atoms with E-state index in [0.717, 1.165) is 12.1 Å². The molecule has 0 saturated carbocycles. The third-order valence-corrected chi connectivity index (χ3v) is 3.37. The number of hydrogen-bond donors (Lipinski definition) is 2. The molecule has 108 valence electrons.